The minimum atomic E-state index is -0.191. The first-order chi connectivity index (χ1) is 9.38. The van der Waals surface area contributed by atoms with Gasteiger partial charge in [-0.05, 0) is 38.5 Å². The summed E-state index contributed by atoms with van der Waals surface area (Å²) in [7, 11) is 0. The number of halogens is 1. The van der Waals surface area contributed by atoms with Gasteiger partial charge in [-0.15, -0.1) is 0 Å². The zero-order chi connectivity index (χ0) is 15.1. The highest BCUT2D eigenvalue weighted by molar-refractivity contribution is 6.32. The van der Waals surface area contributed by atoms with E-state index in [1.807, 2.05) is 13.8 Å². The van der Waals surface area contributed by atoms with Crippen molar-refractivity contribution < 1.29 is 14.7 Å². The largest absolute Gasteiger partial charge is 0.506 e. The Morgan fingerprint density at radius 1 is 1.25 bits per heavy atom. The molecular formula is C14H19ClN2O3. The lowest BCUT2D eigenvalue weighted by Crippen LogP contribution is -2.29. The summed E-state index contributed by atoms with van der Waals surface area (Å²) in [6.07, 6.45) is 1.06. The predicted molar refractivity (Wildman–Crippen MR) is 78.9 cm³/mol. The van der Waals surface area contributed by atoms with E-state index in [1.165, 1.54) is 12.1 Å². The number of phenols is 1. The van der Waals surface area contributed by atoms with E-state index in [2.05, 4.69) is 10.6 Å². The Morgan fingerprint density at radius 3 is 2.50 bits per heavy atom. The number of hydrogen-bond acceptors (Lipinski definition) is 3. The van der Waals surface area contributed by atoms with Crippen molar-refractivity contribution in [3.63, 3.8) is 0 Å². The fourth-order valence-electron chi connectivity index (χ4n) is 1.61. The molecule has 0 aliphatic carbocycles. The third-order valence-electron chi connectivity index (χ3n) is 2.49. The highest BCUT2D eigenvalue weighted by Gasteiger charge is 2.07. The lowest BCUT2D eigenvalue weighted by atomic mass is 10.2. The Morgan fingerprint density at radius 2 is 1.90 bits per heavy atom. The lowest BCUT2D eigenvalue weighted by molar-refractivity contribution is -0.121. The van der Waals surface area contributed by atoms with Gasteiger partial charge in [-0.2, -0.15) is 0 Å². The van der Waals surface area contributed by atoms with E-state index in [0.29, 0.717) is 18.5 Å². The van der Waals surface area contributed by atoms with Gasteiger partial charge in [0.15, 0.2) is 0 Å². The Bertz CT molecular complexity index is 489. The monoisotopic (exact) mass is 298 g/mol. The Balaban J connectivity index is 2.33. The molecule has 0 heterocycles. The van der Waals surface area contributed by atoms with Gasteiger partial charge in [0.05, 0.1) is 5.02 Å². The van der Waals surface area contributed by atoms with Crippen molar-refractivity contribution in [3.8, 4) is 5.75 Å². The number of amides is 2. The molecule has 0 fully saturated rings. The van der Waals surface area contributed by atoms with Gasteiger partial charge < -0.3 is 15.7 Å². The number of hydrogen-bond donors (Lipinski definition) is 3. The fourth-order valence-corrected chi connectivity index (χ4v) is 1.79. The summed E-state index contributed by atoms with van der Waals surface area (Å²) in [4.78, 5) is 23.1. The molecule has 0 saturated carbocycles. The first-order valence-electron chi connectivity index (χ1n) is 6.46. The van der Waals surface area contributed by atoms with Gasteiger partial charge in [0.2, 0.25) is 11.8 Å². The second-order valence-electron chi connectivity index (χ2n) is 4.79. The number of nitrogens with one attached hydrogen (secondary N) is 2. The van der Waals surface area contributed by atoms with Crippen LogP contribution in [0.15, 0.2) is 18.2 Å². The summed E-state index contributed by atoms with van der Waals surface area (Å²) in [6.45, 7) is 3.78. The number of rotatable bonds is 6. The van der Waals surface area contributed by atoms with Gasteiger partial charge in [-0.1, -0.05) is 11.6 Å². The van der Waals surface area contributed by atoms with Gasteiger partial charge >= 0.3 is 0 Å². The van der Waals surface area contributed by atoms with Gasteiger partial charge in [-0.3, -0.25) is 9.59 Å². The van der Waals surface area contributed by atoms with Crippen LogP contribution in [-0.2, 0) is 9.59 Å². The van der Waals surface area contributed by atoms with E-state index in [-0.39, 0.29) is 35.0 Å². The second kappa shape index (κ2) is 7.75. The predicted octanol–water partition coefficient (Wildman–Crippen LogP) is 2.68. The van der Waals surface area contributed by atoms with Gasteiger partial charge in [-0.25, -0.2) is 0 Å². The topological polar surface area (TPSA) is 78.4 Å². The minimum absolute atomic E-state index is 0.0324. The molecule has 0 aliphatic heterocycles. The molecule has 0 spiro atoms. The summed E-state index contributed by atoms with van der Waals surface area (Å²) in [6, 6.07) is 4.55. The maximum absolute atomic E-state index is 11.7. The Hall–Kier alpha value is -1.75. The number of carbonyl (C=O) groups is 2. The van der Waals surface area contributed by atoms with Crippen LogP contribution in [0.3, 0.4) is 0 Å². The first-order valence-corrected chi connectivity index (χ1v) is 6.84. The normalized spacial score (nSPS) is 10.4. The molecule has 0 atom stereocenters. The molecule has 6 heteroatoms. The van der Waals surface area contributed by atoms with E-state index >= 15 is 0 Å². The van der Waals surface area contributed by atoms with Crippen molar-refractivity contribution in [1.29, 1.82) is 0 Å². The van der Waals surface area contributed by atoms with Crippen LogP contribution < -0.4 is 10.6 Å². The SMILES string of the molecule is CC(C)NC(=O)CCCC(=O)Nc1ccc(O)c(Cl)c1. The lowest BCUT2D eigenvalue weighted by Gasteiger charge is -2.08. The standard InChI is InChI=1S/C14H19ClN2O3/c1-9(2)16-13(19)4-3-5-14(20)17-10-6-7-12(18)11(15)8-10/h6-9,18H,3-5H2,1-2H3,(H,16,19)(H,17,20). The smallest absolute Gasteiger partial charge is 0.224 e. The molecular weight excluding hydrogens is 280 g/mol. The van der Waals surface area contributed by atoms with E-state index in [4.69, 9.17) is 11.6 Å². The third kappa shape index (κ3) is 5.93. The average Bonchev–Trinajstić information content (AvgIpc) is 2.33. The first kappa shape index (κ1) is 16.3. The van der Waals surface area contributed by atoms with Crippen LogP contribution in [0.5, 0.6) is 5.75 Å². The molecule has 3 N–H and O–H groups in total. The summed E-state index contributed by atoms with van der Waals surface area (Å²) < 4.78 is 0. The van der Waals surface area contributed by atoms with Crippen molar-refractivity contribution in [2.24, 2.45) is 0 Å². The van der Waals surface area contributed by atoms with Crippen LogP contribution >= 0.6 is 11.6 Å². The van der Waals surface area contributed by atoms with Gasteiger partial charge in [0, 0.05) is 24.6 Å². The molecule has 1 rings (SSSR count). The Labute approximate surface area is 123 Å². The van der Waals surface area contributed by atoms with Gasteiger partial charge in [0.1, 0.15) is 5.75 Å². The Kier molecular flexibility index (Phi) is 6.31. The van der Waals surface area contributed by atoms with Crippen LogP contribution in [-0.4, -0.2) is 23.0 Å². The number of anilines is 1. The molecule has 0 bridgehead atoms. The molecule has 5 nitrogen and oxygen atoms in total. The molecule has 1 aromatic carbocycles. The second-order valence-corrected chi connectivity index (χ2v) is 5.20. The van der Waals surface area contributed by atoms with E-state index in [9.17, 15) is 14.7 Å². The number of aromatic hydroxyl groups is 1. The maximum Gasteiger partial charge on any atom is 0.224 e. The quantitative estimate of drug-likeness (QED) is 0.707. The third-order valence-corrected chi connectivity index (χ3v) is 2.79. The zero-order valence-electron chi connectivity index (χ0n) is 11.6. The highest BCUT2D eigenvalue weighted by Crippen LogP contribution is 2.26. The summed E-state index contributed by atoms with van der Waals surface area (Å²) in [5.41, 5.74) is 0.518. The van der Waals surface area contributed by atoms with Crippen molar-refractivity contribution in [1.82, 2.24) is 5.32 Å². The summed E-state index contributed by atoms with van der Waals surface area (Å²) in [5, 5.41) is 14.9. The number of carbonyl (C=O) groups excluding carboxylic acids is 2. The molecule has 0 aliphatic rings. The van der Waals surface area contributed by atoms with Crippen LogP contribution in [0.25, 0.3) is 0 Å². The zero-order valence-corrected chi connectivity index (χ0v) is 12.3. The van der Waals surface area contributed by atoms with Crippen LogP contribution in [0.1, 0.15) is 33.1 Å². The van der Waals surface area contributed by atoms with Crippen LogP contribution in [0, 0.1) is 0 Å². The molecule has 0 saturated heterocycles. The molecule has 20 heavy (non-hydrogen) atoms. The fraction of sp³-hybridized carbons (Fsp3) is 0.429. The van der Waals surface area contributed by atoms with Crippen molar-refractivity contribution in [3.05, 3.63) is 23.2 Å². The van der Waals surface area contributed by atoms with E-state index in [1.54, 1.807) is 6.07 Å². The van der Waals surface area contributed by atoms with Crippen molar-refractivity contribution in [2.45, 2.75) is 39.2 Å². The van der Waals surface area contributed by atoms with E-state index in [0.717, 1.165) is 0 Å². The molecule has 0 aromatic heterocycles. The minimum Gasteiger partial charge on any atom is -0.506 e. The van der Waals surface area contributed by atoms with Crippen molar-refractivity contribution >= 4 is 29.1 Å². The molecule has 2 amide bonds. The van der Waals surface area contributed by atoms with Crippen LogP contribution in [0.4, 0.5) is 5.69 Å². The molecule has 1 aromatic rings. The number of benzene rings is 1. The molecule has 0 unspecified atom stereocenters. The van der Waals surface area contributed by atoms with Crippen LogP contribution in [0.2, 0.25) is 5.02 Å². The summed E-state index contributed by atoms with van der Waals surface area (Å²) in [5.74, 6) is -0.278. The average molecular weight is 299 g/mol. The molecule has 0 radical (unpaired) electrons. The summed E-state index contributed by atoms with van der Waals surface area (Å²) >= 11 is 5.74. The van der Waals surface area contributed by atoms with E-state index < -0.39 is 0 Å². The number of phenolic OH excluding ortho intramolecular Hbond substituents is 1. The van der Waals surface area contributed by atoms with Gasteiger partial charge in [0.25, 0.3) is 0 Å². The maximum atomic E-state index is 11.7. The highest BCUT2D eigenvalue weighted by atomic mass is 35.5. The molecule has 110 valence electrons. The van der Waals surface area contributed by atoms with Crippen molar-refractivity contribution in [2.75, 3.05) is 5.32 Å².